The summed E-state index contributed by atoms with van der Waals surface area (Å²) in [6, 6.07) is 42.1. The molecule has 2 aliphatic rings. The van der Waals surface area contributed by atoms with E-state index in [-0.39, 0.29) is 0 Å². The van der Waals surface area contributed by atoms with E-state index in [4.69, 9.17) is 0 Å². The quantitative estimate of drug-likeness (QED) is 0.271. The van der Waals surface area contributed by atoms with Crippen LogP contribution in [-0.4, -0.2) is 0 Å². The van der Waals surface area contributed by atoms with Gasteiger partial charge in [0.2, 0.25) is 0 Å². The molecule has 2 unspecified atom stereocenters. The predicted molar refractivity (Wildman–Crippen MR) is 143 cm³/mol. The van der Waals surface area contributed by atoms with E-state index in [1.807, 2.05) is 0 Å². The molecule has 34 heavy (non-hydrogen) atoms. The van der Waals surface area contributed by atoms with E-state index in [0.717, 1.165) is 11.8 Å². The zero-order valence-corrected chi connectivity index (χ0v) is 19.2. The van der Waals surface area contributed by atoms with E-state index in [2.05, 4.69) is 120 Å². The molecule has 2 atom stereocenters. The van der Waals surface area contributed by atoms with Crippen LogP contribution in [0.4, 0.5) is 17.1 Å². The minimum atomic E-state index is 0.775. The minimum Gasteiger partial charge on any atom is -0.310 e. The maximum absolute atomic E-state index is 2.49. The normalized spacial score (nSPS) is 18.2. The van der Waals surface area contributed by atoms with Crippen molar-refractivity contribution >= 4 is 27.8 Å². The van der Waals surface area contributed by atoms with Gasteiger partial charge in [0.25, 0.3) is 0 Å². The summed E-state index contributed by atoms with van der Waals surface area (Å²) in [6.45, 7) is 0. The van der Waals surface area contributed by atoms with Gasteiger partial charge in [0.1, 0.15) is 0 Å². The van der Waals surface area contributed by atoms with Crippen molar-refractivity contribution in [2.75, 3.05) is 4.90 Å². The highest BCUT2D eigenvalue weighted by Crippen LogP contribution is 2.54. The van der Waals surface area contributed by atoms with E-state index in [0.29, 0.717) is 0 Å². The molecule has 1 fully saturated rings. The number of hydrogen-bond donors (Lipinski definition) is 0. The largest absolute Gasteiger partial charge is 0.310 e. The Labute approximate surface area is 201 Å². The molecule has 0 aromatic heterocycles. The molecule has 0 N–H and O–H groups in total. The first-order valence-electron chi connectivity index (χ1n) is 12.4. The molecule has 164 valence electrons. The van der Waals surface area contributed by atoms with Crippen LogP contribution in [0.25, 0.3) is 21.9 Å². The van der Waals surface area contributed by atoms with Gasteiger partial charge in [0.05, 0.1) is 5.69 Å². The maximum atomic E-state index is 2.49. The Morgan fingerprint density at radius 3 is 1.85 bits per heavy atom. The van der Waals surface area contributed by atoms with Crippen molar-refractivity contribution in [2.24, 2.45) is 0 Å². The summed E-state index contributed by atoms with van der Waals surface area (Å²) < 4.78 is 0. The lowest BCUT2D eigenvalue weighted by molar-refractivity contribution is 0.718. The topological polar surface area (TPSA) is 3.24 Å². The Hall–Kier alpha value is -3.84. The summed E-state index contributed by atoms with van der Waals surface area (Å²) >= 11 is 0. The third-order valence-electron chi connectivity index (χ3n) is 7.88. The van der Waals surface area contributed by atoms with Crippen molar-refractivity contribution in [1.82, 2.24) is 0 Å². The number of nitrogens with zero attached hydrogens (tertiary/aromatic N) is 1. The molecular formula is C33H27N. The molecule has 0 amide bonds. The van der Waals surface area contributed by atoms with Crippen molar-refractivity contribution in [3.05, 3.63) is 126 Å². The second-order valence-electron chi connectivity index (χ2n) is 9.73. The van der Waals surface area contributed by atoms with Gasteiger partial charge in [-0.2, -0.15) is 0 Å². The average Bonchev–Trinajstić information content (AvgIpc) is 3.53. The van der Waals surface area contributed by atoms with Gasteiger partial charge in [-0.15, -0.1) is 0 Å². The SMILES string of the molecule is c1ccc(N(c2ccccc2)c2ccc(-c3ccc4c(c3)C3CCC4C3)c3ccccc23)cc1. The van der Waals surface area contributed by atoms with Crippen molar-refractivity contribution in [1.29, 1.82) is 0 Å². The lowest BCUT2D eigenvalue weighted by Crippen LogP contribution is -2.10. The molecule has 0 radical (unpaired) electrons. The first kappa shape index (κ1) is 19.6. The van der Waals surface area contributed by atoms with Gasteiger partial charge in [0, 0.05) is 16.8 Å². The highest BCUT2D eigenvalue weighted by molar-refractivity contribution is 6.06. The Bertz CT molecular complexity index is 1450. The van der Waals surface area contributed by atoms with Crippen LogP contribution < -0.4 is 4.90 Å². The number of anilines is 3. The highest BCUT2D eigenvalue weighted by atomic mass is 15.1. The predicted octanol–water partition coefficient (Wildman–Crippen LogP) is 9.34. The number of para-hydroxylation sites is 2. The molecular weight excluding hydrogens is 410 g/mol. The summed E-state index contributed by atoms with van der Waals surface area (Å²) in [6.07, 6.45) is 4.11. The summed E-state index contributed by atoms with van der Waals surface area (Å²) in [5.74, 6) is 1.58. The van der Waals surface area contributed by atoms with Crippen LogP contribution in [0.1, 0.15) is 42.2 Å². The van der Waals surface area contributed by atoms with Gasteiger partial charge in [0.15, 0.2) is 0 Å². The van der Waals surface area contributed by atoms with Crippen molar-refractivity contribution < 1.29 is 0 Å². The zero-order chi connectivity index (χ0) is 22.5. The summed E-state index contributed by atoms with van der Waals surface area (Å²) in [4.78, 5) is 2.37. The van der Waals surface area contributed by atoms with Crippen LogP contribution in [-0.2, 0) is 0 Å². The fourth-order valence-electron chi connectivity index (χ4n) is 6.33. The Morgan fingerprint density at radius 1 is 0.529 bits per heavy atom. The molecule has 0 spiro atoms. The molecule has 1 heteroatoms. The summed E-state index contributed by atoms with van der Waals surface area (Å²) in [7, 11) is 0. The van der Waals surface area contributed by atoms with E-state index in [1.165, 1.54) is 58.2 Å². The van der Waals surface area contributed by atoms with Crippen LogP contribution in [0.5, 0.6) is 0 Å². The third kappa shape index (κ3) is 3.08. The molecule has 2 aliphatic carbocycles. The third-order valence-corrected chi connectivity index (χ3v) is 7.88. The first-order valence-corrected chi connectivity index (χ1v) is 12.4. The molecule has 1 saturated carbocycles. The van der Waals surface area contributed by atoms with Crippen molar-refractivity contribution in [3.8, 4) is 11.1 Å². The number of benzene rings is 5. The Balaban J connectivity index is 1.42. The van der Waals surface area contributed by atoms with Crippen LogP contribution in [0.2, 0.25) is 0 Å². The second-order valence-corrected chi connectivity index (χ2v) is 9.73. The van der Waals surface area contributed by atoms with Crippen LogP contribution in [0, 0.1) is 0 Å². The van der Waals surface area contributed by atoms with Crippen LogP contribution in [0.15, 0.2) is 115 Å². The number of rotatable bonds is 4. The van der Waals surface area contributed by atoms with Crippen LogP contribution >= 0.6 is 0 Å². The van der Waals surface area contributed by atoms with Crippen molar-refractivity contribution in [2.45, 2.75) is 31.1 Å². The monoisotopic (exact) mass is 437 g/mol. The van der Waals surface area contributed by atoms with E-state index < -0.39 is 0 Å². The standard InChI is InChI=1S/C33H27N/c1-3-9-26(10-4-1)34(27-11-5-2-6-12-27)33-20-19-28(30-13-7-8-14-31(30)33)25-17-18-29-23-15-16-24(21-23)32(29)22-25/h1-14,17-20,22-24H,15-16,21H2. The van der Waals surface area contributed by atoms with Gasteiger partial charge in [-0.3, -0.25) is 0 Å². The van der Waals surface area contributed by atoms with Crippen molar-refractivity contribution in [3.63, 3.8) is 0 Å². The van der Waals surface area contributed by atoms with Gasteiger partial charge in [-0.1, -0.05) is 84.9 Å². The van der Waals surface area contributed by atoms with E-state index >= 15 is 0 Å². The van der Waals surface area contributed by atoms with Gasteiger partial charge >= 0.3 is 0 Å². The summed E-state index contributed by atoms with van der Waals surface area (Å²) in [5.41, 5.74) is 9.43. The average molecular weight is 438 g/mol. The molecule has 2 bridgehead atoms. The smallest absolute Gasteiger partial charge is 0.0540 e. The van der Waals surface area contributed by atoms with E-state index in [1.54, 1.807) is 11.1 Å². The minimum absolute atomic E-state index is 0.775. The van der Waals surface area contributed by atoms with Gasteiger partial charge < -0.3 is 4.90 Å². The Morgan fingerprint density at radius 2 is 1.15 bits per heavy atom. The molecule has 1 nitrogen and oxygen atoms in total. The number of hydrogen-bond acceptors (Lipinski definition) is 1. The van der Waals surface area contributed by atoms with Crippen LogP contribution in [0.3, 0.4) is 0 Å². The lowest BCUT2D eigenvalue weighted by Gasteiger charge is -2.27. The fourth-order valence-corrected chi connectivity index (χ4v) is 6.33. The first-order chi connectivity index (χ1) is 16.9. The molecule has 7 rings (SSSR count). The van der Waals surface area contributed by atoms with Gasteiger partial charge in [-0.25, -0.2) is 0 Å². The molecule has 0 heterocycles. The lowest BCUT2D eigenvalue weighted by atomic mass is 9.88. The molecule has 0 aliphatic heterocycles. The maximum Gasteiger partial charge on any atom is 0.0540 e. The van der Waals surface area contributed by atoms with Gasteiger partial charge in [-0.05, 0) is 89.1 Å². The molecule has 5 aromatic rings. The fraction of sp³-hybridized carbons (Fsp3) is 0.152. The van der Waals surface area contributed by atoms with E-state index in [9.17, 15) is 0 Å². The zero-order valence-electron chi connectivity index (χ0n) is 19.2. The highest BCUT2D eigenvalue weighted by Gasteiger charge is 2.36. The second kappa shape index (κ2) is 7.88. The Kier molecular flexibility index (Phi) is 4.55. The molecule has 0 saturated heterocycles. The number of fused-ring (bicyclic) bond motifs is 6. The summed E-state index contributed by atoms with van der Waals surface area (Å²) in [5, 5.41) is 2.58. The molecule has 5 aromatic carbocycles.